The Morgan fingerprint density at radius 3 is 2.47 bits per heavy atom. The standard InChI is InChI=1S/C21H23FN2O5S/c1-15-4-10-18(11-5-15)30(27,28)24-12-2-3-19(24)21(26)29-14-20(25)23-13-16-6-8-17(22)9-7-16/h4-11,19H,2-3,12-14H2,1H3,(H,23,25). The molecule has 3 rings (SSSR count). The minimum Gasteiger partial charge on any atom is -0.454 e. The first-order valence-electron chi connectivity index (χ1n) is 9.53. The quantitative estimate of drug-likeness (QED) is 0.674. The van der Waals surface area contributed by atoms with Crippen LogP contribution >= 0.6 is 0 Å². The Morgan fingerprint density at radius 2 is 1.80 bits per heavy atom. The van der Waals surface area contributed by atoms with Gasteiger partial charge in [0.1, 0.15) is 11.9 Å². The number of nitrogens with zero attached hydrogens (tertiary/aromatic N) is 1. The predicted molar refractivity (Wildman–Crippen MR) is 107 cm³/mol. The third kappa shape index (κ3) is 5.22. The van der Waals surface area contributed by atoms with Gasteiger partial charge < -0.3 is 10.1 Å². The summed E-state index contributed by atoms with van der Waals surface area (Å²) in [6.45, 7) is 1.71. The van der Waals surface area contributed by atoms with Crippen molar-refractivity contribution in [1.29, 1.82) is 0 Å². The maximum atomic E-state index is 12.9. The van der Waals surface area contributed by atoms with Gasteiger partial charge in [-0.15, -0.1) is 0 Å². The zero-order valence-electron chi connectivity index (χ0n) is 16.5. The minimum absolute atomic E-state index is 0.116. The molecular weight excluding hydrogens is 411 g/mol. The smallest absolute Gasteiger partial charge is 0.324 e. The number of hydrogen-bond acceptors (Lipinski definition) is 5. The molecule has 9 heteroatoms. The van der Waals surface area contributed by atoms with Crippen LogP contribution in [0.15, 0.2) is 53.4 Å². The molecule has 0 radical (unpaired) electrons. The molecule has 0 bridgehead atoms. The van der Waals surface area contributed by atoms with Gasteiger partial charge in [-0.1, -0.05) is 29.8 Å². The lowest BCUT2D eigenvalue weighted by Gasteiger charge is -2.22. The lowest BCUT2D eigenvalue weighted by atomic mass is 10.2. The van der Waals surface area contributed by atoms with Crippen LogP contribution in [0.4, 0.5) is 4.39 Å². The van der Waals surface area contributed by atoms with Crippen molar-refractivity contribution in [2.24, 2.45) is 0 Å². The van der Waals surface area contributed by atoms with Crippen LogP contribution in [0.3, 0.4) is 0 Å². The average molecular weight is 434 g/mol. The number of nitrogens with one attached hydrogen (secondary N) is 1. The molecule has 0 spiro atoms. The Kier molecular flexibility index (Phi) is 6.84. The molecule has 1 aliphatic rings. The van der Waals surface area contributed by atoms with Crippen LogP contribution in [0, 0.1) is 12.7 Å². The summed E-state index contributed by atoms with van der Waals surface area (Å²) in [6.07, 6.45) is 0.864. The summed E-state index contributed by atoms with van der Waals surface area (Å²) in [5.41, 5.74) is 1.63. The molecule has 1 aliphatic heterocycles. The number of amides is 1. The number of benzene rings is 2. The van der Waals surface area contributed by atoms with Crippen molar-refractivity contribution in [1.82, 2.24) is 9.62 Å². The number of rotatable bonds is 7. The molecule has 1 N–H and O–H groups in total. The highest BCUT2D eigenvalue weighted by Gasteiger charge is 2.40. The number of esters is 1. The summed E-state index contributed by atoms with van der Waals surface area (Å²) in [6, 6.07) is 11.1. The van der Waals surface area contributed by atoms with Gasteiger partial charge in [0.05, 0.1) is 4.90 Å². The molecule has 0 saturated carbocycles. The van der Waals surface area contributed by atoms with Crippen LogP contribution in [0.2, 0.25) is 0 Å². The van der Waals surface area contributed by atoms with Gasteiger partial charge >= 0.3 is 5.97 Å². The van der Waals surface area contributed by atoms with E-state index in [-0.39, 0.29) is 23.8 Å². The molecule has 1 atom stereocenters. The molecule has 160 valence electrons. The lowest BCUT2D eigenvalue weighted by molar-refractivity contribution is -0.151. The zero-order valence-corrected chi connectivity index (χ0v) is 17.3. The van der Waals surface area contributed by atoms with E-state index in [0.717, 1.165) is 9.87 Å². The van der Waals surface area contributed by atoms with Crippen LogP contribution in [0.5, 0.6) is 0 Å². The van der Waals surface area contributed by atoms with Crippen LogP contribution in [0.25, 0.3) is 0 Å². The minimum atomic E-state index is -3.84. The molecule has 1 heterocycles. The van der Waals surface area contributed by atoms with Crippen molar-refractivity contribution >= 4 is 21.9 Å². The van der Waals surface area contributed by atoms with Crippen LogP contribution in [-0.2, 0) is 30.9 Å². The number of carbonyl (C=O) groups excluding carboxylic acids is 2. The van der Waals surface area contributed by atoms with Crippen LogP contribution in [0.1, 0.15) is 24.0 Å². The van der Waals surface area contributed by atoms with E-state index in [2.05, 4.69) is 5.32 Å². The maximum absolute atomic E-state index is 12.9. The zero-order chi connectivity index (χ0) is 21.7. The molecule has 0 aromatic heterocycles. The molecule has 0 aliphatic carbocycles. The second kappa shape index (κ2) is 9.36. The second-order valence-corrected chi connectivity index (χ2v) is 8.99. The van der Waals surface area contributed by atoms with Crippen molar-refractivity contribution in [3.05, 3.63) is 65.5 Å². The Hall–Kier alpha value is -2.78. The number of sulfonamides is 1. The molecule has 1 saturated heterocycles. The molecular formula is C21H23FN2O5S. The van der Waals surface area contributed by atoms with E-state index in [4.69, 9.17) is 4.74 Å². The summed E-state index contributed by atoms with van der Waals surface area (Å²) in [5, 5.41) is 2.57. The van der Waals surface area contributed by atoms with Crippen molar-refractivity contribution in [3.63, 3.8) is 0 Å². The van der Waals surface area contributed by atoms with Gasteiger partial charge in [-0.3, -0.25) is 9.59 Å². The lowest BCUT2D eigenvalue weighted by Crippen LogP contribution is -2.42. The normalized spacial score (nSPS) is 16.9. The first kappa shape index (κ1) is 21.9. The topological polar surface area (TPSA) is 92.8 Å². The number of halogens is 1. The van der Waals surface area contributed by atoms with E-state index in [9.17, 15) is 22.4 Å². The molecule has 7 nitrogen and oxygen atoms in total. The van der Waals surface area contributed by atoms with E-state index in [1.54, 1.807) is 12.1 Å². The van der Waals surface area contributed by atoms with Gasteiger partial charge in [0.2, 0.25) is 10.0 Å². The summed E-state index contributed by atoms with van der Waals surface area (Å²) in [4.78, 5) is 24.5. The summed E-state index contributed by atoms with van der Waals surface area (Å²) < 4.78 is 44.9. The molecule has 1 amide bonds. The first-order chi connectivity index (χ1) is 14.3. The van der Waals surface area contributed by atoms with Gasteiger partial charge in [0, 0.05) is 13.1 Å². The van der Waals surface area contributed by atoms with Crippen molar-refractivity contribution in [3.8, 4) is 0 Å². The highest BCUT2D eigenvalue weighted by molar-refractivity contribution is 7.89. The largest absolute Gasteiger partial charge is 0.454 e. The molecule has 1 fully saturated rings. The van der Waals surface area contributed by atoms with Crippen LogP contribution in [-0.4, -0.2) is 43.8 Å². The van der Waals surface area contributed by atoms with Crippen molar-refractivity contribution in [2.45, 2.75) is 37.2 Å². The molecule has 30 heavy (non-hydrogen) atoms. The predicted octanol–water partition coefficient (Wildman–Crippen LogP) is 2.15. The Labute approximate surface area is 174 Å². The Morgan fingerprint density at radius 1 is 1.13 bits per heavy atom. The van der Waals surface area contributed by atoms with E-state index in [1.165, 1.54) is 36.4 Å². The van der Waals surface area contributed by atoms with Gasteiger partial charge in [-0.2, -0.15) is 4.31 Å². The Balaban J connectivity index is 1.55. The van der Waals surface area contributed by atoms with Gasteiger partial charge in [0.15, 0.2) is 6.61 Å². The summed E-state index contributed by atoms with van der Waals surface area (Å²) >= 11 is 0. The fraction of sp³-hybridized carbons (Fsp3) is 0.333. The van der Waals surface area contributed by atoms with Crippen molar-refractivity contribution < 1.29 is 27.1 Å². The third-order valence-electron chi connectivity index (χ3n) is 4.85. The third-order valence-corrected chi connectivity index (χ3v) is 6.77. The Bertz CT molecular complexity index is 1010. The number of aryl methyl sites for hydroxylation is 1. The van der Waals surface area contributed by atoms with Crippen LogP contribution < -0.4 is 5.32 Å². The molecule has 1 unspecified atom stereocenters. The first-order valence-corrected chi connectivity index (χ1v) is 11.0. The molecule has 2 aromatic carbocycles. The maximum Gasteiger partial charge on any atom is 0.324 e. The average Bonchev–Trinajstić information content (AvgIpc) is 3.23. The van der Waals surface area contributed by atoms with Gasteiger partial charge in [-0.05, 0) is 49.6 Å². The van der Waals surface area contributed by atoms with E-state index in [0.29, 0.717) is 18.4 Å². The van der Waals surface area contributed by atoms with E-state index >= 15 is 0 Å². The highest BCUT2D eigenvalue weighted by atomic mass is 32.2. The van der Waals surface area contributed by atoms with Gasteiger partial charge in [0.25, 0.3) is 5.91 Å². The fourth-order valence-electron chi connectivity index (χ4n) is 3.20. The van der Waals surface area contributed by atoms with E-state index in [1.807, 2.05) is 6.92 Å². The monoisotopic (exact) mass is 434 g/mol. The van der Waals surface area contributed by atoms with Gasteiger partial charge in [-0.25, -0.2) is 12.8 Å². The molecule has 2 aromatic rings. The SMILES string of the molecule is Cc1ccc(S(=O)(=O)N2CCCC2C(=O)OCC(=O)NCc2ccc(F)cc2)cc1. The summed E-state index contributed by atoms with van der Waals surface area (Å²) in [5.74, 6) is -1.65. The number of hydrogen-bond donors (Lipinski definition) is 1. The van der Waals surface area contributed by atoms with Crippen molar-refractivity contribution in [2.75, 3.05) is 13.2 Å². The fourth-order valence-corrected chi connectivity index (χ4v) is 4.84. The summed E-state index contributed by atoms with van der Waals surface area (Å²) in [7, 11) is -3.84. The van der Waals surface area contributed by atoms with E-state index < -0.39 is 34.5 Å². The number of carbonyl (C=O) groups is 2. The number of ether oxygens (including phenoxy) is 1. The second-order valence-electron chi connectivity index (χ2n) is 7.10. The highest BCUT2D eigenvalue weighted by Crippen LogP contribution is 2.27.